The molecule has 0 saturated heterocycles. The number of rotatable bonds is 3. The quantitative estimate of drug-likeness (QED) is 0.176. The smallest absolute Gasteiger partial charge is 0.235 e. The molecule has 0 bridgehead atoms. The van der Waals surface area contributed by atoms with Crippen LogP contribution in [0.25, 0.3) is 93.7 Å². The van der Waals surface area contributed by atoms with E-state index in [0.29, 0.717) is 5.95 Å². The third-order valence-corrected chi connectivity index (χ3v) is 11.4. The summed E-state index contributed by atoms with van der Waals surface area (Å²) in [6.07, 6.45) is 0. The second kappa shape index (κ2) is 10.7. The number of nitrogens with zero attached hydrogens (tertiary/aromatic N) is 3. The van der Waals surface area contributed by atoms with Crippen molar-refractivity contribution >= 4 is 54.1 Å². The van der Waals surface area contributed by atoms with Crippen molar-refractivity contribution in [3.8, 4) is 39.6 Å². The van der Waals surface area contributed by atoms with Crippen LogP contribution in [0.4, 0.5) is 0 Å². The van der Waals surface area contributed by atoms with Gasteiger partial charge in [0.05, 0.1) is 22.4 Å². The summed E-state index contributed by atoms with van der Waals surface area (Å²) in [4.78, 5) is 10.6. The molecule has 0 amide bonds. The molecule has 0 unspecified atom stereocenters. The minimum Gasteiger partial charge on any atom is -0.278 e. The van der Waals surface area contributed by atoms with Gasteiger partial charge in [-0.1, -0.05) is 141 Å². The summed E-state index contributed by atoms with van der Waals surface area (Å²) in [5.74, 6) is 0.668. The van der Waals surface area contributed by atoms with Gasteiger partial charge < -0.3 is 0 Å². The van der Waals surface area contributed by atoms with E-state index in [-0.39, 0.29) is 5.41 Å². The normalized spacial score (nSPS) is 13.3. The van der Waals surface area contributed by atoms with Gasteiger partial charge in [0.15, 0.2) is 0 Å². The number of hydrogen-bond acceptors (Lipinski definition) is 2. The van der Waals surface area contributed by atoms with E-state index in [0.717, 1.165) is 33.5 Å². The van der Waals surface area contributed by atoms with Crippen molar-refractivity contribution < 1.29 is 0 Å². The second-order valence-corrected chi connectivity index (χ2v) is 14.6. The van der Waals surface area contributed by atoms with Gasteiger partial charge in [-0.15, -0.1) is 0 Å². The van der Waals surface area contributed by atoms with Crippen molar-refractivity contribution in [3.63, 3.8) is 0 Å². The average Bonchev–Trinajstić information content (AvgIpc) is 3.65. The fourth-order valence-electron chi connectivity index (χ4n) is 8.87. The Morgan fingerprint density at radius 1 is 0.385 bits per heavy atom. The first-order valence-electron chi connectivity index (χ1n) is 18.0. The predicted molar refractivity (Wildman–Crippen MR) is 217 cm³/mol. The lowest BCUT2D eigenvalue weighted by Crippen LogP contribution is -2.15. The molecule has 10 aromatic rings. The highest BCUT2D eigenvalue weighted by atomic mass is 15.2. The Balaban J connectivity index is 1.14. The zero-order valence-electron chi connectivity index (χ0n) is 28.9. The van der Waals surface area contributed by atoms with Crippen LogP contribution in [0.3, 0.4) is 0 Å². The van der Waals surface area contributed by atoms with Crippen LogP contribution < -0.4 is 0 Å². The third kappa shape index (κ3) is 4.08. The van der Waals surface area contributed by atoms with Crippen LogP contribution in [0.15, 0.2) is 164 Å². The van der Waals surface area contributed by atoms with Gasteiger partial charge in [0.2, 0.25) is 5.95 Å². The van der Waals surface area contributed by atoms with E-state index in [1.54, 1.807) is 0 Å². The monoisotopic (exact) mass is 663 g/mol. The Labute approximate surface area is 301 Å². The lowest BCUT2D eigenvalue weighted by molar-refractivity contribution is 0.661. The van der Waals surface area contributed by atoms with Gasteiger partial charge in [0.1, 0.15) is 0 Å². The number of aromatic nitrogens is 3. The molecule has 0 radical (unpaired) electrons. The molecule has 8 aromatic carbocycles. The van der Waals surface area contributed by atoms with E-state index >= 15 is 0 Å². The van der Waals surface area contributed by atoms with Crippen LogP contribution in [0.2, 0.25) is 0 Å². The molecule has 3 nitrogen and oxygen atoms in total. The summed E-state index contributed by atoms with van der Waals surface area (Å²) >= 11 is 0. The molecule has 52 heavy (non-hydrogen) atoms. The van der Waals surface area contributed by atoms with Gasteiger partial charge in [0.25, 0.3) is 0 Å². The summed E-state index contributed by atoms with van der Waals surface area (Å²) in [7, 11) is 0. The third-order valence-electron chi connectivity index (χ3n) is 11.4. The van der Waals surface area contributed by atoms with Gasteiger partial charge in [0, 0.05) is 27.3 Å². The minimum atomic E-state index is -0.202. The van der Waals surface area contributed by atoms with E-state index in [2.05, 4.69) is 182 Å². The van der Waals surface area contributed by atoms with Crippen molar-refractivity contribution in [2.45, 2.75) is 19.3 Å². The van der Waals surface area contributed by atoms with Crippen molar-refractivity contribution in [3.05, 3.63) is 175 Å². The summed E-state index contributed by atoms with van der Waals surface area (Å²) < 4.78 is 2.22. The fraction of sp³-hybridized carbons (Fsp3) is 0.0612. The number of fused-ring (bicyclic) bond motifs is 12. The van der Waals surface area contributed by atoms with E-state index in [4.69, 9.17) is 9.97 Å². The highest BCUT2D eigenvalue weighted by Crippen LogP contribution is 2.52. The van der Waals surface area contributed by atoms with Crippen molar-refractivity contribution in [1.82, 2.24) is 14.5 Å². The molecule has 0 aliphatic heterocycles. The topological polar surface area (TPSA) is 30.7 Å². The molecule has 2 heterocycles. The Morgan fingerprint density at radius 3 is 1.48 bits per heavy atom. The summed E-state index contributed by atoms with van der Waals surface area (Å²) in [5.41, 5.74) is 11.2. The fourth-order valence-corrected chi connectivity index (χ4v) is 8.87. The van der Waals surface area contributed by atoms with Gasteiger partial charge in [-0.3, -0.25) is 4.57 Å². The molecule has 3 heteroatoms. The maximum Gasteiger partial charge on any atom is 0.235 e. The second-order valence-electron chi connectivity index (χ2n) is 14.6. The van der Waals surface area contributed by atoms with Crippen molar-refractivity contribution in [2.24, 2.45) is 0 Å². The summed E-state index contributed by atoms with van der Waals surface area (Å²) in [5, 5.41) is 10.2. The lowest BCUT2D eigenvalue weighted by atomic mass is 9.80. The number of hydrogen-bond donors (Lipinski definition) is 0. The standard InChI is InChI=1S/C49H33N3/c1-49(2)42-26-31(24-25-36(42)41-27-39-34-18-8-6-16-32(34)33-17-7-9-19-35(33)40(39)28-43(41)49)45-29-44(30-14-4-3-5-15-30)50-48(51-45)52-46-22-12-10-20-37(46)38-21-11-13-23-47(38)52/h3-29H,1-2H3. The van der Waals surface area contributed by atoms with Crippen LogP contribution in [0, 0.1) is 0 Å². The van der Waals surface area contributed by atoms with Gasteiger partial charge in [-0.25, -0.2) is 9.97 Å². The van der Waals surface area contributed by atoms with E-state index < -0.39 is 0 Å². The molecule has 0 fully saturated rings. The van der Waals surface area contributed by atoms with E-state index in [1.807, 2.05) is 0 Å². The molecule has 244 valence electrons. The Hall–Kier alpha value is -6.58. The first-order valence-corrected chi connectivity index (χ1v) is 18.0. The van der Waals surface area contributed by atoms with Crippen LogP contribution in [0.1, 0.15) is 25.0 Å². The number of para-hydroxylation sites is 2. The molecular weight excluding hydrogens is 631 g/mol. The van der Waals surface area contributed by atoms with Crippen molar-refractivity contribution in [2.75, 3.05) is 0 Å². The van der Waals surface area contributed by atoms with E-state index in [1.165, 1.54) is 65.3 Å². The SMILES string of the molecule is CC1(C)c2cc(-c3cc(-c4ccccc4)nc(-n4c5ccccc5c5ccccc54)n3)ccc2-c2cc3c4ccccc4c4ccccc4c3cc21. The van der Waals surface area contributed by atoms with Crippen LogP contribution in [-0.2, 0) is 5.41 Å². The molecule has 1 aliphatic rings. The molecule has 0 spiro atoms. The Bertz CT molecular complexity index is 3040. The van der Waals surface area contributed by atoms with Crippen LogP contribution in [-0.4, -0.2) is 14.5 Å². The highest BCUT2D eigenvalue weighted by molar-refractivity contribution is 6.26. The molecule has 2 aromatic heterocycles. The molecule has 0 saturated carbocycles. The number of benzene rings is 8. The summed E-state index contributed by atoms with van der Waals surface area (Å²) in [6.45, 7) is 4.74. The van der Waals surface area contributed by atoms with Crippen LogP contribution in [0.5, 0.6) is 0 Å². The molecular formula is C49H33N3. The predicted octanol–water partition coefficient (Wildman–Crippen LogP) is 12.7. The van der Waals surface area contributed by atoms with Gasteiger partial charge >= 0.3 is 0 Å². The Morgan fingerprint density at radius 2 is 0.865 bits per heavy atom. The van der Waals surface area contributed by atoms with Crippen molar-refractivity contribution in [1.29, 1.82) is 0 Å². The van der Waals surface area contributed by atoms with Gasteiger partial charge in [-0.05, 0) is 91.0 Å². The molecule has 0 N–H and O–H groups in total. The van der Waals surface area contributed by atoms with Gasteiger partial charge in [-0.2, -0.15) is 0 Å². The first-order chi connectivity index (χ1) is 25.5. The van der Waals surface area contributed by atoms with Crippen LogP contribution >= 0.6 is 0 Å². The largest absolute Gasteiger partial charge is 0.278 e. The highest BCUT2D eigenvalue weighted by Gasteiger charge is 2.36. The molecule has 11 rings (SSSR count). The minimum absolute atomic E-state index is 0.202. The van der Waals surface area contributed by atoms with E-state index in [9.17, 15) is 0 Å². The maximum absolute atomic E-state index is 5.36. The molecule has 0 atom stereocenters. The zero-order chi connectivity index (χ0) is 34.6. The first kappa shape index (κ1) is 29.2. The Kier molecular flexibility index (Phi) is 6.01. The average molecular weight is 664 g/mol. The lowest BCUT2D eigenvalue weighted by Gasteiger charge is -2.23. The summed E-state index contributed by atoms with van der Waals surface area (Å²) in [6, 6.07) is 59.2. The molecule has 1 aliphatic carbocycles. The maximum atomic E-state index is 5.36. The zero-order valence-corrected chi connectivity index (χ0v) is 28.9.